The molecule has 0 spiro atoms. The Labute approximate surface area is 109 Å². The molecule has 0 saturated heterocycles. The van der Waals surface area contributed by atoms with Gasteiger partial charge in [-0.1, -0.05) is 46.3 Å². The van der Waals surface area contributed by atoms with E-state index >= 15 is 0 Å². The van der Waals surface area contributed by atoms with E-state index in [1.54, 1.807) is 0 Å². The lowest BCUT2D eigenvalue weighted by Gasteiger charge is -1.98. The van der Waals surface area contributed by atoms with Crippen molar-refractivity contribution >= 4 is 57.7 Å². The molecule has 0 aromatic heterocycles. The monoisotopic (exact) mass is 382 g/mol. The van der Waals surface area contributed by atoms with Crippen molar-refractivity contribution in [2.45, 2.75) is 6.61 Å². The van der Waals surface area contributed by atoms with Crippen molar-refractivity contribution in [1.29, 1.82) is 0 Å². The lowest BCUT2D eigenvalue weighted by atomic mass is 10.2. The minimum Gasteiger partial charge on any atom is -0.366 e. The highest BCUT2D eigenvalue weighted by Gasteiger charge is 1.87. The van der Waals surface area contributed by atoms with Crippen LogP contribution in [0.4, 0.5) is 0 Å². The quantitative estimate of drug-likeness (QED) is 0.567. The smallest absolute Gasteiger partial charge is 0.366 e. The second kappa shape index (κ2) is 11.5. The molecule has 1 aromatic rings. The highest BCUT2D eigenvalue weighted by molar-refractivity contribution is 9.47. The fourth-order valence-electron chi connectivity index (χ4n) is 0.731. The minimum absolute atomic E-state index is 0.0417. The molecule has 0 aliphatic rings. The summed E-state index contributed by atoms with van der Waals surface area (Å²) in [6.07, 6.45) is 0. The van der Waals surface area contributed by atoms with Crippen molar-refractivity contribution in [2.75, 3.05) is 5.52 Å². The van der Waals surface area contributed by atoms with Crippen LogP contribution in [-0.4, -0.2) is 21.5 Å². The van der Waals surface area contributed by atoms with Crippen LogP contribution in [0.3, 0.4) is 0 Å². The summed E-state index contributed by atoms with van der Waals surface area (Å²) in [5.74, 6) is 0. The van der Waals surface area contributed by atoms with Gasteiger partial charge in [-0.05, 0) is 5.56 Å². The summed E-state index contributed by atoms with van der Waals surface area (Å²) in [6, 6.07) is 10.1. The maximum atomic E-state index is 5.14. The molecule has 0 fully saturated rings. The average Bonchev–Trinajstić information content (AvgIpc) is 2.18. The molecule has 0 atom stereocenters. The average molecular weight is 385 g/mol. The molecular formula is C8H9Br3MgO. The van der Waals surface area contributed by atoms with Gasteiger partial charge in [0.2, 0.25) is 0 Å². The first-order valence-electron chi connectivity index (χ1n) is 3.64. The third kappa shape index (κ3) is 9.69. The van der Waals surface area contributed by atoms with Crippen molar-refractivity contribution in [3.63, 3.8) is 0 Å². The normalized spacial score (nSPS) is 8.23. The predicted octanol–water partition coefficient (Wildman–Crippen LogP) is 3.87. The summed E-state index contributed by atoms with van der Waals surface area (Å²) in [5, 5.41) is 0. The SMILES string of the molecule is BrCOCc1ccccc1.[Br][Mg][Br]. The van der Waals surface area contributed by atoms with E-state index in [4.69, 9.17) is 4.74 Å². The topological polar surface area (TPSA) is 9.23 Å². The molecule has 0 unspecified atom stereocenters. The first kappa shape index (κ1) is 14.4. The van der Waals surface area contributed by atoms with Gasteiger partial charge in [0, 0.05) is 0 Å². The van der Waals surface area contributed by atoms with Crippen LogP contribution in [0.15, 0.2) is 30.3 Å². The highest BCUT2D eigenvalue weighted by Crippen LogP contribution is 2.00. The van der Waals surface area contributed by atoms with Gasteiger partial charge in [0.05, 0.1) is 6.61 Å². The highest BCUT2D eigenvalue weighted by atomic mass is 79.9. The molecule has 13 heavy (non-hydrogen) atoms. The zero-order valence-electron chi connectivity index (χ0n) is 7.05. The summed E-state index contributed by atoms with van der Waals surface area (Å²) in [7, 11) is 0. The lowest BCUT2D eigenvalue weighted by molar-refractivity contribution is 0.172. The van der Waals surface area contributed by atoms with Crippen molar-refractivity contribution in [3.05, 3.63) is 35.9 Å². The molecular weight excluding hydrogens is 376 g/mol. The van der Waals surface area contributed by atoms with Crippen LogP contribution >= 0.6 is 41.7 Å². The number of benzene rings is 1. The first-order chi connectivity index (χ1) is 6.35. The maximum absolute atomic E-state index is 5.14. The Morgan fingerprint density at radius 1 is 1.15 bits per heavy atom. The number of ether oxygens (including phenoxy) is 1. The van der Waals surface area contributed by atoms with Crippen LogP contribution in [-0.2, 0) is 11.3 Å². The van der Waals surface area contributed by atoms with Gasteiger partial charge in [-0.25, -0.2) is 0 Å². The predicted molar refractivity (Wildman–Crippen MR) is 68.6 cm³/mol. The zero-order chi connectivity index (χ0) is 9.94. The Morgan fingerprint density at radius 2 is 1.69 bits per heavy atom. The van der Waals surface area contributed by atoms with Crippen LogP contribution in [0.1, 0.15) is 5.56 Å². The fourth-order valence-corrected chi connectivity index (χ4v) is 0.893. The summed E-state index contributed by atoms with van der Waals surface area (Å²) in [6.45, 7) is 0.687. The molecule has 1 rings (SSSR count). The van der Waals surface area contributed by atoms with Gasteiger partial charge >= 0.3 is 16.0 Å². The van der Waals surface area contributed by atoms with Crippen LogP contribution in [0, 0.1) is 0 Å². The Bertz CT molecular complexity index is 196. The number of halogens is 3. The van der Waals surface area contributed by atoms with Crippen molar-refractivity contribution in [3.8, 4) is 0 Å². The van der Waals surface area contributed by atoms with Crippen molar-refractivity contribution in [2.24, 2.45) is 0 Å². The molecule has 0 heterocycles. The molecule has 0 saturated carbocycles. The van der Waals surface area contributed by atoms with E-state index in [2.05, 4.69) is 41.7 Å². The van der Waals surface area contributed by atoms with E-state index in [1.165, 1.54) is 5.56 Å². The third-order valence-electron chi connectivity index (χ3n) is 1.19. The zero-order valence-corrected chi connectivity index (χ0v) is 13.2. The van der Waals surface area contributed by atoms with Crippen LogP contribution in [0.5, 0.6) is 0 Å². The fraction of sp³-hybridized carbons (Fsp3) is 0.250. The van der Waals surface area contributed by atoms with E-state index in [-0.39, 0.29) is 16.0 Å². The minimum atomic E-state index is 0.0417. The van der Waals surface area contributed by atoms with Crippen molar-refractivity contribution in [1.82, 2.24) is 0 Å². The Kier molecular flexibility index (Phi) is 12.7. The molecule has 0 aliphatic carbocycles. The molecule has 1 aromatic carbocycles. The van der Waals surface area contributed by atoms with Gasteiger partial charge in [-0.2, -0.15) is 0 Å². The number of rotatable bonds is 3. The molecule has 0 aliphatic heterocycles. The molecule has 0 bridgehead atoms. The van der Waals surface area contributed by atoms with Gasteiger partial charge in [0.15, 0.2) is 0 Å². The van der Waals surface area contributed by atoms with Crippen molar-refractivity contribution < 1.29 is 4.74 Å². The van der Waals surface area contributed by atoms with E-state index in [0.29, 0.717) is 12.1 Å². The second-order valence-corrected chi connectivity index (χ2v) is 10.6. The molecule has 0 N–H and O–H groups in total. The standard InChI is InChI=1S/C8H9BrO.2BrH.Mg/c9-7-10-6-8-4-2-1-3-5-8;;;/h1-5H,6-7H2;2*1H;/q;;;+2/p-2. The largest absolute Gasteiger partial charge is 0.560 e. The van der Waals surface area contributed by atoms with Gasteiger partial charge in [-0.3, -0.25) is 25.8 Å². The van der Waals surface area contributed by atoms with Gasteiger partial charge < -0.3 is 4.74 Å². The number of hydrogen-bond donors (Lipinski definition) is 0. The van der Waals surface area contributed by atoms with E-state index < -0.39 is 0 Å². The summed E-state index contributed by atoms with van der Waals surface area (Å²) >= 11 is 9.63. The summed E-state index contributed by atoms with van der Waals surface area (Å²) in [5.41, 5.74) is 1.81. The Balaban J connectivity index is 0.000000424. The summed E-state index contributed by atoms with van der Waals surface area (Å²) < 4.78 is 5.14. The van der Waals surface area contributed by atoms with E-state index in [0.717, 1.165) is 0 Å². The lowest BCUT2D eigenvalue weighted by Crippen LogP contribution is -1.88. The van der Waals surface area contributed by atoms with Crippen LogP contribution < -0.4 is 0 Å². The third-order valence-corrected chi connectivity index (χ3v) is 1.51. The van der Waals surface area contributed by atoms with E-state index in [9.17, 15) is 0 Å². The molecule has 70 valence electrons. The molecule has 0 radical (unpaired) electrons. The Hall–Kier alpha value is 1.39. The second-order valence-electron chi connectivity index (χ2n) is 2.04. The first-order valence-corrected chi connectivity index (χ1v) is 12.6. The Morgan fingerprint density at radius 3 is 2.15 bits per heavy atom. The van der Waals surface area contributed by atoms with Gasteiger partial charge in [-0.15, -0.1) is 0 Å². The molecule has 0 amide bonds. The van der Waals surface area contributed by atoms with E-state index in [1.807, 2.05) is 30.3 Å². The van der Waals surface area contributed by atoms with Crippen LogP contribution in [0.2, 0.25) is 0 Å². The summed E-state index contributed by atoms with van der Waals surface area (Å²) in [4.78, 5) is 0. The van der Waals surface area contributed by atoms with Gasteiger partial charge in [0.1, 0.15) is 5.52 Å². The maximum Gasteiger partial charge on any atom is 0.560 e. The molecule has 5 heteroatoms. The molecule has 1 nitrogen and oxygen atoms in total. The number of alkyl halides is 1. The van der Waals surface area contributed by atoms with Gasteiger partial charge in [0.25, 0.3) is 0 Å². The number of hydrogen-bond acceptors (Lipinski definition) is 1. The van der Waals surface area contributed by atoms with Crippen LogP contribution in [0.25, 0.3) is 0 Å².